The maximum atomic E-state index is 12.3. The second-order valence-electron chi connectivity index (χ2n) is 5.99. The van der Waals surface area contributed by atoms with E-state index in [1.165, 1.54) is 7.11 Å². The van der Waals surface area contributed by atoms with E-state index in [2.05, 4.69) is 15.0 Å². The lowest BCUT2D eigenvalue weighted by molar-refractivity contribution is 0.0600. The van der Waals surface area contributed by atoms with Gasteiger partial charge in [0.1, 0.15) is 5.03 Å². The van der Waals surface area contributed by atoms with E-state index in [9.17, 15) is 9.59 Å². The van der Waals surface area contributed by atoms with Gasteiger partial charge in [-0.3, -0.25) is 4.79 Å². The fourth-order valence-corrected chi connectivity index (χ4v) is 3.32. The summed E-state index contributed by atoms with van der Waals surface area (Å²) < 4.78 is 4.68. The zero-order valence-corrected chi connectivity index (χ0v) is 16.2. The van der Waals surface area contributed by atoms with Gasteiger partial charge in [-0.2, -0.15) is 0 Å². The number of nitrogens with zero attached hydrogens (tertiary/aromatic N) is 1. The van der Waals surface area contributed by atoms with Crippen molar-refractivity contribution in [2.24, 2.45) is 0 Å². The van der Waals surface area contributed by atoms with Crippen LogP contribution in [0.25, 0.3) is 0 Å². The van der Waals surface area contributed by atoms with Gasteiger partial charge in [-0.15, -0.1) is 0 Å². The summed E-state index contributed by atoms with van der Waals surface area (Å²) in [5, 5.41) is 3.83. The third-order valence-electron chi connectivity index (χ3n) is 4.05. The molecule has 0 spiro atoms. The number of benzene rings is 2. The van der Waals surface area contributed by atoms with Gasteiger partial charge in [0, 0.05) is 23.2 Å². The number of nitrogens with one attached hydrogen (secondary N) is 1. The molecule has 0 aliphatic heterocycles. The quantitative estimate of drug-likeness (QED) is 0.616. The van der Waals surface area contributed by atoms with Gasteiger partial charge in [-0.05, 0) is 60.5 Å². The first-order chi connectivity index (χ1) is 13.7. The molecule has 0 aliphatic rings. The predicted octanol–water partition coefficient (Wildman–Crippen LogP) is 3.99. The average Bonchev–Trinajstić information content (AvgIpc) is 2.75. The van der Waals surface area contributed by atoms with Crippen LogP contribution in [0.3, 0.4) is 0 Å². The summed E-state index contributed by atoms with van der Waals surface area (Å²) in [4.78, 5) is 29.0. The lowest BCUT2D eigenvalue weighted by Gasteiger charge is -2.07. The first-order valence-corrected chi connectivity index (χ1v) is 9.62. The molecule has 2 aromatic carbocycles. The SMILES string of the molecule is COC(=O)c1ccc(CCNC(=O)c2ccc(Sc3ccccn3)cc2)cc1. The smallest absolute Gasteiger partial charge is 0.337 e. The van der Waals surface area contributed by atoms with Gasteiger partial charge in [0.05, 0.1) is 12.7 Å². The highest BCUT2D eigenvalue weighted by Gasteiger charge is 2.07. The molecule has 3 rings (SSSR count). The van der Waals surface area contributed by atoms with Crippen molar-refractivity contribution >= 4 is 23.6 Å². The Morgan fingerprint density at radius 1 is 0.964 bits per heavy atom. The molecule has 0 unspecified atom stereocenters. The van der Waals surface area contributed by atoms with E-state index < -0.39 is 0 Å². The van der Waals surface area contributed by atoms with Crippen LogP contribution in [-0.2, 0) is 11.2 Å². The Labute approximate surface area is 168 Å². The number of carbonyl (C=O) groups excluding carboxylic acids is 2. The highest BCUT2D eigenvalue weighted by atomic mass is 32.2. The number of ether oxygens (including phenoxy) is 1. The normalized spacial score (nSPS) is 10.3. The summed E-state index contributed by atoms with van der Waals surface area (Å²) in [6, 6.07) is 20.4. The minimum Gasteiger partial charge on any atom is -0.465 e. The molecular formula is C22H20N2O3S. The molecule has 0 aliphatic carbocycles. The third-order valence-corrected chi connectivity index (χ3v) is 5.01. The number of hydrogen-bond donors (Lipinski definition) is 1. The summed E-state index contributed by atoms with van der Waals surface area (Å²) in [6.45, 7) is 0.515. The minimum atomic E-state index is -0.357. The van der Waals surface area contributed by atoms with Gasteiger partial charge in [-0.25, -0.2) is 9.78 Å². The van der Waals surface area contributed by atoms with Crippen LogP contribution in [0.5, 0.6) is 0 Å². The molecule has 1 N–H and O–H groups in total. The minimum absolute atomic E-state index is 0.111. The second-order valence-corrected chi connectivity index (χ2v) is 7.08. The van der Waals surface area contributed by atoms with Crippen LogP contribution in [-0.4, -0.2) is 30.5 Å². The lowest BCUT2D eigenvalue weighted by atomic mass is 10.1. The molecule has 142 valence electrons. The summed E-state index contributed by atoms with van der Waals surface area (Å²) in [5.41, 5.74) is 2.17. The topological polar surface area (TPSA) is 68.3 Å². The second kappa shape index (κ2) is 9.71. The molecular weight excluding hydrogens is 372 g/mol. The van der Waals surface area contributed by atoms with Crippen molar-refractivity contribution in [1.82, 2.24) is 10.3 Å². The van der Waals surface area contributed by atoms with Crippen molar-refractivity contribution in [2.45, 2.75) is 16.3 Å². The van der Waals surface area contributed by atoms with Crippen LogP contribution in [0.15, 0.2) is 82.8 Å². The number of hydrogen-bond acceptors (Lipinski definition) is 5. The van der Waals surface area contributed by atoms with E-state index in [0.717, 1.165) is 15.5 Å². The summed E-state index contributed by atoms with van der Waals surface area (Å²) in [6.07, 6.45) is 2.44. The third kappa shape index (κ3) is 5.44. The zero-order chi connectivity index (χ0) is 19.8. The van der Waals surface area contributed by atoms with Crippen molar-refractivity contribution in [3.8, 4) is 0 Å². The van der Waals surface area contributed by atoms with E-state index in [1.807, 2.05) is 54.6 Å². The number of aromatic nitrogens is 1. The van der Waals surface area contributed by atoms with Crippen LogP contribution in [0, 0.1) is 0 Å². The van der Waals surface area contributed by atoms with Crippen LogP contribution in [0.4, 0.5) is 0 Å². The molecule has 0 saturated heterocycles. The molecule has 0 fully saturated rings. The Hall–Kier alpha value is -3.12. The average molecular weight is 392 g/mol. The van der Waals surface area contributed by atoms with Crippen LogP contribution in [0.1, 0.15) is 26.3 Å². The number of methoxy groups -OCH3 is 1. The number of rotatable bonds is 7. The molecule has 5 nitrogen and oxygen atoms in total. The van der Waals surface area contributed by atoms with Gasteiger partial charge in [-0.1, -0.05) is 30.0 Å². The van der Waals surface area contributed by atoms with Crippen molar-refractivity contribution in [2.75, 3.05) is 13.7 Å². The molecule has 1 heterocycles. The van der Waals surface area contributed by atoms with Gasteiger partial charge >= 0.3 is 5.97 Å². The van der Waals surface area contributed by atoms with Crippen LogP contribution in [0.2, 0.25) is 0 Å². The predicted molar refractivity (Wildman–Crippen MR) is 109 cm³/mol. The van der Waals surface area contributed by atoms with E-state index in [4.69, 9.17) is 0 Å². The Morgan fingerprint density at radius 2 is 1.68 bits per heavy atom. The molecule has 0 bridgehead atoms. The van der Waals surface area contributed by atoms with Gasteiger partial charge in [0.2, 0.25) is 0 Å². The first-order valence-electron chi connectivity index (χ1n) is 8.80. The van der Waals surface area contributed by atoms with Crippen molar-refractivity contribution in [1.29, 1.82) is 0 Å². The Morgan fingerprint density at radius 3 is 2.32 bits per heavy atom. The molecule has 6 heteroatoms. The fourth-order valence-electron chi connectivity index (χ4n) is 2.55. The lowest BCUT2D eigenvalue weighted by Crippen LogP contribution is -2.25. The summed E-state index contributed by atoms with van der Waals surface area (Å²) in [5.74, 6) is -0.468. The van der Waals surface area contributed by atoms with Gasteiger partial charge in [0.25, 0.3) is 5.91 Å². The standard InChI is InChI=1S/C22H20N2O3S/c1-27-22(26)18-7-5-16(6-8-18)13-15-24-21(25)17-9-11-19(12-10-17)28-20-4-2-3-14-23-20/h2-12,14H,13,15H2,1H3,(H,24,25). The fraction of sp³-hybridized carbons (Fsp3) is 0.136. The van der Waals surface area contributed by atoms with Gasteiger partial charge < -0.3 is 10.1 Å². The monoisotopic (exact) mass is 392 g/mol. The van der Waals surface area contributed by atoms with Crippen molar-refractivity contribution in [3.05, 3.63) is 89.6 Å². The van der Waals surface area contributed by atoms with Crippen LogP contribution >= 0.6 is 11.8 Å². The summed E-state index contributed by atoms with van der Waals surface area (Å²) >= 11 is 1.55. The maximum absolute atomic E-state index is 12.3. The molecule has 1 aromatic heterocycles. The van der Waals surface area contributed by atoms with Crippen molar-refractivity contribution in [3.63, 3.8) is 0 Å². The largest absolute Gasteiger partial charge is 0.465 e. The Kier molecular flexibility index (Phi) is 6.81. The Balaban J connectivity index is 1.49. The highest BCUT2D eigenvalue weighted by molar-refractivity contribution is 7.99. The molecule has 28 heavy (non-hydrogen) atoms. The number of pyridine rings is 1. The summed E-state index contributed by atoms with van der Waals surface area (Å²) in [7, 11) is 1.36. The first kappa shape index (κ1) is 19.6. The molecule has 0 saturated carbocycles. The molecule has 3 aromatic rings. The van der Waals surface area contributed by atoms with E-state index >= 15 is 0 Å². The Bertz CT molecular complexity index is 926. The van der Waals surface area contributed by atoms with E-state index in [0.29, 0.717) is 24.1 Å². The van der Waals surface area contributed by atoms with Gasteiger partial charge in [0.15, 0.2) is 0 Å². The number of carbonyl (C=O) groups is 2. The number of esters is 1. The van der Waals surface area contributed by atoms with Crippen molar-refractivity contribution < 1.29 is 14.3 Å². The van der Waals surface area contributed by atoms with E-state index in [-0.39, 0.29) is 11.9 Å². The van der Waals surface area contributed by atoms with Crippen LogP contribution < -0.4 is 5.32 Å². The maximum Gasteiger partial charge on any atom is 0.337 e. The van der Waals surface area contributed by atoms with E-state index in [1.54, 1.807) is 30.1 Å². The molecule has 0 radical (unpaired) electrons. The number of amides is 1. The zero-order valence-electron chi connectivity index (χ0n) is 15.4. The molecule has 1 amide bonds. The highest BCUT2D eigenvalue weighted by Crippen LogP contribution is 2.25. The molecule has 0 atom stereocenters.